The maximum absolute atomic E-state index is 5.71. The molecule has 2 N–H and O–H groups in total. The predicted molar refractivity (Wildman–Crippen MR) is 63.0 cm³/mol. The van der Waals surface area contributed by atoms with Crippen LogP contribution in [-0.4, -0.2) is 19.1 Å². The molecule has 0 aromatic heterocycles. The normalized spacial score (nSPS) is 26.4. The monoisotopic (exact) mass is 235 g/mol. The van der Waals surface area contributed by atoms with Gasteiger partial charge in [0.25, 0.3) is 0 Å². The molecular formula is C13H17NO3. The molecule has 92 valence electrons. The van der Waals surface area contributed by atoms with Crippen molar-refractivity contribution in [3.05, 3.63) is 23.8 Å². The van der Waals surface area contributed by atoms with Crippen LogP contribution in [0, 0.1) is 0 Å². The highest BCUT2D eigenvalue weighted by molar-refractivity contribution is 5.44. The summed E-state index contributed by atoms with van der Waals surface area (Å²) in [5, 5.41) is 0. The zero-order chi connectivity index (χ0) is 11.7. The first kappa shape index (κ1) is 10.9. The van der Waals surface area contributed by atoms with E-state index in [1.54, 1.807) is 0 Å². The van der Waals surface area contributed by atoms with Crippen LogP contribution in [-0.2, 0) is 11.2 Å². The molecule has 4 heteroatoms. The van der Waals surface area contributed by atoms with Crippen molar-refractivity contribution in [2.75, 3.05) is 6.79 Å². The molecule has 2 aliphatic heterocycles. The van der Waals surface area contributed by atoms with Gasteiger partial charge in [0.1, 0.15) is 6.23 Å². The molecule has 17 heavy (non-hydrogen) atoms. The number of rotatable bonds is 3. The number of aryl methyl sites for hydroxylation is 1. The van der Waals surface area contributed by atoms with E-state index in [9.17, 15) is 0 Å². The summed E-state index contributed by atoms with van der Waals surface area (Å²) in [6, 6.07) is 6.11. The summed E-state index contributed by atoms with van der Waals surface area (Å²) >= 11 is 0. The third kappa shape index (κ3) is 2.37. The molecule has 2 heterocycles. The molecule has 1 aromatic rings. The third-order valence-corrected chi connectivity index (χ3v) is 3.33. The minimum Gasteiger partial charge on any atom is -0.454 e. The van der Waals surface area contributed by atoms with E-state index in [2.05, 4.69) is 12.1 Å². The fraction of sp³-hybridized carbons (Fsp3) is 0.538. The van der Waals surface area contributed by atoms with Crippen molar-refractivity contribution >= 4 is 0 Å². The highest BCUT2D eigenvalue weighted by Crippen LogP contribution is 2.33. The molecule has 1 aromatic carbocycles. The summed E-state index contributed by atoms with van der Waals surface area (Å²) in [7, 11) is 0. The van der Waals surface area contributed by atoms with Gasteiger partial charge < -0.3 is 19.9 Å². The van der Waals surface area contributed by atoms with Crippen molar-refractivity contribution in [1.82, 2.24) is 0 Å². The van der Waals surface area contributed by atoms with Crippen LogP contribution >= 0.6 is 0 Å². The van der Waals surface area contributed by atoms with E-state index >= 15 is 0 Å². The highest BCUT2D eigenvalue weighted by Gasteiger charge is 2.22. The Morgan fingerprint density at radius 2 is 2.06 bits per heavy atom. The van der Waals surface area contributed by atoms with Gasteiger partial charge in [-0.15, -0.1) is 0 Å². The highest BCUT2D eigenvalue weighted by atomic mass is 16.7. The van der Waals surface area contributed by atoms with Gasteiger partial charge in [0, 0.05) is 0 Å². The van der Waals surface area contributed by atoms with Crippen molar-refractivity contribution in [2.45, 2.75) is 38.0 Å². The standard InChI is InChI=1S/C13H17NO3/c14-13-6-4-10(17-13)3-1-9-2-5-11-12(7-9)16-8-15-11/h2,5,7,10,13H,1,3-4,6,8,14H2/t10-,13-/m0/s1. The lowest BCUT2D eigenvalue weighted by Crippen LogP contribution is -2.20. The lowest BCUT2D eigenvalue weighted by Gasteiger charge is -2.10. The van der Waals surface area contributed by atoms with Crippen LogP contribution < -0.4 is 15.2 Å². The van der Waals surface area contributed by atoms with E-state index in [-0.39, 0.29) is 6.23 Å². The van der Waals surface area contributed by atoms with E-state index in [1.165, 1.54) is 5.56 Å². The molecule has 0 spiro atoms. The molecule has 0 amide bonds. The average molecular weight is 235 g/mol. The van der Waals surface area contributed by atoms with Gasteiger partial charge in [-0.25, -0.2) is 0 Å². The fourth-order valence-corrected chi connectivity index (χ4v) is 2.37. The van der Waals surface area contributed by atoms with Crippen LogP contribution in [0.25, 0.3) is 0 Å². The molecular weight excluding hydrogens is 218 g/mol. The zero-order valence-electron chi connectivity index (χ0n) is 9.72. The first-order valence-electron chi connectivity index (χ1n) is 6.11. The molecule has 2 aliphatic rings. The van der Waals surface area contributed by atoms with E-state index in [4.69, 9.17) is 19.9 Å². The molecule has 0 radical (unpaired) electrons. The van der Waals surface area contributed by atoms with E-state index < -0.39 is 0 Å². The lowest BCUT2D eigenvalue weighted by atomic mass is 10.0. The average Bonchev–Trinajstić information content (AvgIpc) is 2.94. The summed E-state index contributed by atoms with van der Waals surface area (Å²) in [6.45, 7) is 0.333. The summed E-state index contributed by atoms with van der Waals surface area (Å²) < 4.78 is 16.2. The summed E-state index contributed by atoms with van der Waals surface area (Å²) in [6.07, 6.45) is 4.32. The van der Waals surface area contributed by atoms with Crippen molar-refractivity contribution in [3.63, 3.8) is 0 Å². The summed E-state index contributed by atoms with van der Waals surface area (Å²) in [5.74, 6) is 1.69. The van der Waals surface area contributed by atoms with Crippen molar-refractivity contribution in [2.24, 2.45) is 5.73 Å². The van der Waals surface area contributed by atoms with Gasteiger partial charge in [-0.2, -0.15) is 0 Å². The Labute approximate surface area is 101 Å². The van der Waals surface area contributed by atoms with Gasteiger partial charge in [0.15, 0.2) is 11.5 Å². The Morgan fingerprint density at radius 3 is 2.88 bits per heavy atom. The van der Waals surface area contributed by atoms with E-state index in [0.29, 0.717) is 12.9 Å². The van der Waals surface area contributed by atoms with Crippen LogP contribution in [0.1, 0.15) is 24.8 Å². The maximum Gasteiger partial charge on any atom is 0.231 e. The third-order valence-electron chi connectivity index (χ3n) is 3.33. The van der Waals surface area contributed by atoms with Gasteiger partial charge >= 0.3 is 0 Å². The second kappa shape index (κ2) is 4.55. The minimum absolute atomic E-state index is 0.0586. The van der Waals surface area contributed by atoms with Crippen molar-refractivity contribution in [3.8, 4) is 11.5 Å². The zero-order valence-corrected chi connectivity index (χ0v) is 9.72. The summed E-state index contributed by atoms with van der Waals surface area (Å²) in [5.41, 5.74) is 6.97. The Morgan fingerprint density at radius 1 is 1.18 bits per heavy atom. The molecule has 0 unspecified atom stereocenters. The quantitative estimate of drug-likeness (QED) is 0.868. The van der Waals surface area contributed by atoms with Crippen LogP contribution in [0.4, 0.5) is 0 Å². The maximum atomic E-state index is 5.71. The molecule has 1 saturated heterocycles. The number of hydrogen-bond donors (Lipinski definition) is 1. The number of benzene rings is 1. The Balaban J connectivity index is 1.58. The second-order valence-corrected chi connectivity index (χ2v) is 4.60. The van der Waals surface area contributed by atoms with Crippen molar-refractivity contribution in [1.29, 1.82) is 0 Å². The SMILES string of the molecule is N[C@@H]1CC[C@H](CCc2ccc3c(c2)OCO3)O1. The molecule has 0 bridgehead atoms. The van der Waals surface area contributed by atoms with Crippen molar-refractivity contribution < 1.29 is 14.2 Å². The van der Waals surface area contributed by atoms with Gasteiger partial charge in [-0.3, -0.25) is 0 Å². The number of nitrogens with two attached hydrogens (primary N) is 1. The van der Waals surface area contributed by atoms with Crippen LogP contribution in [0.3, 0.4) is 0 Å². The topological polar surface area (TPSA) is 53.7 Å². The largest absolute Gasteiger partial charge is 0.454 e. The van der Waals surface area contributed by atoms with Gasteiger partial charge in [0.2, 0.25) is 6.79 Å². The molecule has 3 rings (SSSR count). The Hall–Kier alpha value is -1.26. The van der Waals surface area contributed by atoms with Gasteiger partial charge in [-0.05, 0) is 43.4 Å². The fourth-order valence-electron chi connectivity index (χ4n) is 2.37. The van der Waals surface area contributed by atoms with Crippen LogP contribution in [0.15, 0.2) is 18.2 Å². The first-order valence-corrected chi connectivity index (χ1v) is 6.11. The number of ether oxygens (including phenoxy) is 3. The lowest BCUT2D eigenvalue weighted by molar-refractivity contribution is 0.0446. The molecule has 0 aliphatic carbocycles. The van der Waals surface area contributed by atoms with Crippen LogP contribution in [0.2, 0.25) is 0 Å². The second-order valence-electron chi connectivity index (χ2n) is 4.60. The number of fused-ring (bicyclic) bond motifs is 1. The molecule has 2 atom stereocenters. The predicted octanol–water partition coefficient (Wildman–Crippen LogP) is 1.81. The van der Waals surface area contributed by atoms with E-state index in [0.717, 1.165) is 37.2 Å². The van der Waals surface area contributed by atoms with Gasteiger partial charge in [0.05, 0.1) is 6.10 Å². The Bertz CT molecular complexity index is 408. The molecule has 1 fully saturated rings. The minimum atomic E-state index is -0.0586. The van der Waals surface area contributed by atoms with E-state index in [1.807, 2.05) is 6.07 Å². The summed E-state index contributed by atoms with van der Waals surface area (Å²) in [4.78, 5) is 0. The molecule has 0 saturated carbocycles. The first-order chi connectivity index (χ1) is 8.31. The Kier molecular flexibility index (Phi) is 2.91. The van der Waals surface area contributed by atoms with Gasteiger partial charge in [-0.1, -0.05) is 6.07 Å². The number of hydrogen-bond acceptors (Lipinski definition) is 4. The smallest absolute Gasteiger partial charge is 0.231 e. The molecule has 4 nitrogen and oxygen atoms in total. The van der Waals surface area contributed by atoms with Crippen LogP contribution in [0.5, 0.6) is 11.5 Å².